The molecule has 2 heterocycles. The summed E-state index contributed by atoms with van der Waals surface area (Å²) in [5.74, 6) is 0.957. The van der Waals surface area contributed by atoms with Gasteiger partial charge in [0.15, 0.2) is 0 Å². The van der Waals surface area contributed by atoms with Gasteiger partial charge >= 0.3 is 0 Å². The van der Waals surface area contributed by atoms with Crippen molar-refractivity contribution in [2.24, 2.45) is 5.10 Å². The van der Waals surface area contributed by atoms with Gasteiger partial charge in [0.1, 0.15) is 11.5 Å². The molecule has 5 heteroatoms. The lowest BCUT2D eigenvalue weighted by atomic mass is 9.96. The number of phenolic OH excluding ortho intramolecular Hbond substituents is 1. The molecule has 0 bridgehead atoms. The highest BCUT2D eigenvalue weighted by Crippen LogP contribution is 2.48. The van der Waals surface area contributed by atoms with Crippen LogP contribution in [-0.4, -0.2) is 15.8 Å². The fourth-order valence-corrected chi connectivity index (χ4v) is 3.95. The minimum absolute atomic E-state index is 0.0496. The molecule has 0 saturated heterocycles. The number of para-hydroxylation sites is 1. The highest BCUT2D eigenvalue weighted by Gasteiger charge is 2.41. The van der Waals surface area contributed by atoms with E-state index in [-0.39, 0.29) is 11.8 Å². The molecule has 2 unspecified atom stereocenters. The molecule has 0 aromatic heterocycles. The average molecular weight is 377 g/mol. The Morgan fingerprint density at radius 3 is 2.59 bits per heavy atom. The molecule has 1 N–H and O–H groups in total. The van der Waals surface area contributed by atoms with Crippen molar-refractivity contribution in [1.29, 1.82) is 0 Å². The van der Waals surface area contributed by atoms with Crippen molar-refractivity contribution in [2.45, 2.75) is 18.7 Å². The first-order chi connectivity index (χ1) is 13.2. The largest absolute Gasteiger partial charge is 0.507 e. The number of fused-ring (bicyclic) bond motifs is 3. The van der Waals surface area contributed by atoms with E-state index in [2.05, 4.69) is 18.2 Å². The first-order valence-corrected chi connectivity index (χ1v) is 9.24. The minimum Gasteiger partial charge on any atom is -0.507 e. The molecule has 27 heavy (non-hydrogen) atoms. The van der Waals surface area contributed by atoms with Crippen LogP contribution in [0.1, 0.15) is 35.4 Å². The van der Waals surface area contributed by atoms with Crippen LogP contribution in [0.4, 0.5) is 0 Å². The molecule has 134 valence electrons. The molecule has 2 aliphatic heterocycles. The number of hydrogen-bond donors (Lipinski definition) is 1. The van der Waals surface area contributed by atoms with Crippen LogP contribution in [0, 0.1) is 0 Å². The fourth-order valence-electron chi connectivity index (χ4n) is 3.77. The third-order valence-corrected chi connectivity index (χ3v) is 5.30. The Morgan fingerprint density at radius 2 is 1.74 bits per heavy atom. The van der Waals surface area contributed by atoms with Crippen LogP contribution in [0.3, 0.4) is 0 Å². The monoisotopic (exact) mass is 376 g/mol. The minimum atomic E-state index is -0.537. The Balaban J connectivity index is 1.63. The molecule has 2 aliphatic rings. The van der Waals surface area contributed by atoms with E-state index >= 15 is 0 Å². The van der Waals surface area contributed by atoms with Gasteiger partial charge in [0, 0.05) is 17.0 Å². The number of benzene rings is 3. The second-order valence-electron chi connectivity index (χ2n) is 6.72. The summed E-state index contributed by atoms with van der Waals surface area (Å²) in [6.07, 6.45) is 0.243. The van der Waals surface area contributed by atoms with Gasteiger partial charge in [-0.3, -0.25) is 0 Å². The zero-order valence-electron chi connectivity index (χ0n) is 14.4. The lowest BCUT2D eigenvalue weighted by Crippen LogP contribution is -2.33. The fraction of sp³-hybridized carbons (Fsp3) is 0.136. The molecule has 0 fully saturated rings. The van der Waals surface area contributed by atoms with Gasteiger partial charge in [-0.25, -0.2) is 5.01 Å². The normalized spacial score (nSPS) is 20.5. The maximum Gasteiger partial charge on any atom is 0.217 e. The predicted molar refractivity (Wildman–Crippen MR) is 105 cm³/mol. The van der Waals surface area contributed by atoms with Crippen LogP contribution in [0.15, 0.2) is 77.9 Å². The van der Waals surface area contributed by atoms with Gasteiger partial charge < -0.3 is 9.84 Å². The van der Waals surface area contributed by atoms with Gasteiger partial charge in [-0.1, -0.05) is 60.1 Å². The van der Waals surface area contributed by atoms with Crippen molar-refractivity contribution in [3.8, 4) is 11.5 Å². The van der Waals surface area contributed by atoms with Crippen molar-refractivity contribution < 1.29 is 9.84 Å². The molecule has 0 radical (unpaired) electrons. The SMILES string of the molecule is Oc1ccc(Cl)cc1C1Oc2ccccc2C2CC(c3ccccc3)=NN21. The molecule has 4 nitrogen and oxygen atoms in total. The number of aromatic hydroxyl groups is 1. The van der Waals surface area contributed by atoms with E-state index in [9.17, 15) is 5.11 Å². The maximum absolute atomic E-state index is 10.4. The van der Waals surface area contributed by atoms with Crippen molar-refractivity contribution in [3.63, 3.8) is 0 Å². The van der Waals surface area contributed by atoms with Crippen LogP contribution >= 0.6 is 11.6 Å². The topological polar surface area (TPSA) is 45.1 Å². The smallest absolute Gasteiger partial charge is 0.217 e. The van der Waals surface area contributed by atoms with Gasteiger partial charge in [0.2, 0.25) is 6.23 Å². The predicted octanol–water partition coefficient (Wildman–Crippen LogP) is 5.29. The lowest BCUT2D eigenvalue weighted by Gasteiger charge is -2.38. The van der Waals surface area contributed by atoms with Crippen molar-refractivity contribution in [1.82, 2.24) is 5.01 Å². The van der Waals surface area contributed by atoms with Crippen LogP contribution in [0.5, 0.6) is 11.5 Å². The van der Waals surface area contributed by atoms with Crippen molar-refractivity contribution in [3.05, 3.63) is 94.5 Å². The number of ether oxygens (including phenoxy) is 1. The number of phenols is 1. The molecular formula is C22H17ClN2O2. The molecule has 5 rings (SSSR count). The third kappa shape index (κ3) is 2.73. The molecule has 0 amide bonds. The number of rotatable bonds is 2. The number of nitrogens with zero attached hydrogens (tertiary/aromatic N) is 2. The quantitative estimate of drug-likeness (QED) is 0.661. The van der Waals surface area contributed by atoms with E-state index in [1.165, 1.54) is 0 Å². The van der Waals surface area contributed by atoms with E-state index in [1.807, 2.05) is 41.4 Å². The zero-order chi connectivity index (χ0) is 18.4. The molecule has 3 aromatic carbocycles. The molecule has 0 spiro atoms. The summed E-state index contributed by atoms with van der Waals surface area (Å²) >= 11 is 6.18. The van der Waals surface area contributed by atoms with Crippen LogP contribution in [0.25, 0.3) is 0 Å². The van der Waals surface area contributed by atoms with E-state index in [4.69, 9.17) is 21.4 Å². The van der Waals surface area contributed by atoms with Crippen LogP contribution in [0.2, 0.25) is 5.02 Å². The summed E-state index contributed by atoms with van der Waals surface area (Å²) in [5, 5.41) is 17.8. The van der Waals surface area contributed by atoms with Gasteiger partial charge in [-0.15, -0.1) is 0 Å². The average Bonchev–Trinajstić information content (AvgIpc) is 3.16. The second kappa shape index (κ2) is 6.32. The van der Waals surface area contributed by atoms with Crippen LogP contribution in [-0.2, 0) is 0 Å². The third-order valence-electron chi connectivity index (χ3n) is 5.06. The summed E-state index contributed by atoms with van der Waals surface area (Å²) in [6, 6.07) is 23.2. The highest BCUT2D eigenvalue weighted by molar-refractivity contribution is 6.30. The Labute approximate surface area is 162 Å². The maximum atomic E-state index is 10.4. The van der Waals surface area contributed by atoms with E-state index < -0.39 is 6.23 Å². The first kappa shape index (κ1) is 16.2. The van der Waals surface area contributed by atoms with Crippen molar-refractivity contribution in [2.75, 3.05) is 0 Å². The Kier molecular flexibility index (Phi) is 3.80. The van der Waals surface area contributed by atoms with Gasteiger partial charge in [0.05, 0.1) is 17.3 Å². The molecule has 0 saturated carbocycles. The van der Waals surface area contributed by atoms with Gasteiger partial charge in [-0.05, 0) is 29.8 Å². The van der Waals surface area contributed by atoms with E-state index in [0.717, 1.165) is 29.0 Å². The summed E-state index contributed by atoms with van der Waals surface area (Å²) in [5.41, 5.74) is 3.82. The molecule has 0 aliphatic carbocycles. The molecular weight excluding hydrogens is 360 g/mol. The number of halogens is 1. The standard InChI is InChI=1S/C22H17ClN2O2/c23-15-10-11-20(26)17(12-15)22-25-19(16-8-4-5-9-21(16)27-22)13-18(24-25)14-6-2-1-3-7-14/h1-12,19,22,26H,13H2. The second-order valence-corrected chi connectivity index (χ2v) is 7.16. The Bertz CT molecular complexity index is 1040. The van der Waals surface area contributed by atoms with E-state index in [0.29, 0.717) is 10.6 Å². The highest BCUT2D eigenvalue weighted by atomic mass is 35.5. The molecule has 3 aromatic rings. The van der Waals surface area contributed by atoms with Gasteiger partial charge in [0.25, 0.3) is 0 Å². The van der Waals surface area contributed by atoms with E-state index in [1.54, 1.807) is 18.2 Å². The molecule has 2 atom stereocenters. The summed E-state index contributed by atoms with van der Waals surface area (Å²) in [6.45, 7) is 0. The Morgan fingerprint density at radius 1 is 0.963 bits per heavy atom. The first-order valence-electron chi connectivity index (χ1n) is 8.86. The lowest BCUT2D eigenvalue weighted by molar-refractivity contribution is -0.0203. The summed E-state index contributed by atoms with van der Waals surface area (Å²) in [7, 11) is 0. The number of hydrazone groups is 1. The summed E-state index contributed by atoms with van der Waals surface area (Å²) in [4.78, 5) is 0. The zero-order valence-corrected chi connectivity index (χ0v) is 15.2. The van der Waals surface area contributed by atoms with Gasteiger partial charge in [-0.2, -0.15) is 5.10 Å². The van der Waals surface area contributed by atoms with Crippen LogP contribution < -0.4 is 4.74 Å². The van der Waals surface area contributed by atoms with Crippen molar-refractivity contribution >= 4 is 17.3 Å². The number of hydrogen-bond acceptors (Lipinski definition) is 4. The Hall–Kier alpha value is -2.98. The summed E-state index contributed by atoms with van der Waals surface area (Å²) < 4.78 is 6.25.